The number of rotatable bonds is 16. The Kier molecular flexibility index (Phi) is 13.7. The van der Waals surface area contributed by atoms with Crippen molar-refractivity contribution in [2.45, 2.75) is 79.2 Å². The molecule has 0 aromatic rings. The first-order chi connectivity index (χ1) is 13.2. The Morgan fingerprint density at radius 3 is 1.07 bits per heavy atom. The summed E-state index contributed by atoms with van der Waals surface area (Å²) in [5.41, 5.74) is 0. The first-order valence-electron chi connectivity index (χ1n) is 9.94. The Morgan fingerprint density at radius 1 is 0.607 bits per heavy atom. The fourth-order valence-corrected chi connectivity index (χ4v) is 1.92. The van der Waals surface area contributed by atoms with E-state index in [1.165, 1.54) is 13.8 Å². The van der Waals surface area contributed by atoms with Crippen LogP contribution in [0.5, 0.6) is 0 Å². The smallest absolute Gasteiger partial charge is 0.335 e. The third-order valence-electron chi connectivity index (χ3n) is 3.20. The van der Waals surface area contributed by atoms with E-state index in [0.717, 1.165) is 37.8 Å². The summed E-state index contributed by atoms with van der Waals surface area (Å²) in [6, 6.07) is 0. The molecule has 0 aromatic carbocycles. The summed E-state index contributed by atoms with van der Waals surface area (Å²) in [6.45, 7) is 12.2. The standard InChI is InChI=1S/C20H36O8/c1-7-13-23-19(5,24-14-8-2)27-17(21)11-12-18(22)28-20(6,25-15-9-3)26-16-10-4/h11-12H,7-10,13-16H2,1-6H3/b12-11-. The maximum Gasteiger partial charge on any atom is 0.335 e. The molecule has 0 bridgehead atoms. The molecule has 0 fully saturated rings. The summed E-state index contributed by atoms with van der Waals surface area (Å²) >= 11 is 0. The van der Waals surface area contributed by atoms with E-state index < -0.39 is 23.9 Å². The van der Waals surface area contributed by atoms with Crippen LogP contribution in [0.4, 0.5) is 0 Å². The second-order valence-electron chi connectivity index (χ2n) is 6.29. The fraction of sp³-hybridized carbons (Fsp3) is 0.800. The van der Waals surface area contributed by atoms with Crippen LogP contribution in [-0.2, 0) is 38.0 Å². The van der Waals surface area contributed by atoms with Crippen molar-refractivity contribution in [1.29, 1.82) is 0 Å². The van der Waals surface area contributed by atoms with E-state index in [4.69, 9.17) is 28.4 Å². The molecule has 0 unspecified atom stereocenters. The van der Waals surface area contributed by atoms with E-state index in [9.17, 15) is 9.59 Å². The molecule has 8 heteroatoms. The Balaban J connectivity index is 4.83. The largest absolute Gasteiger partial charge is 0.405 e. The second-order valence-corrected chi connectivity index (χ2v) is 6.29. The van der Waals surface area contributed by atoms with Gasteiger partial charge in [0.25, 0.3) is 0 Å². The first-order valence-corrected chi connectivity index (χ1v) is 9.94. The first kappa shape index (κ1) is 26.5. The highest BCUT2D eigenvalue weighted by molar-refractivity contribution is 5.91. The molecule has 0 atom stereocenters. The average Bonchev–Trinajstić information content (AvgIpc) is 2.66. The van der Waals surface area contributed by atoms with Crippen LogP contribution in [0.15, 0.2) is 12.2 Å². The molecule has 0 N–H and O–H groups in total. The lowest BCUT2D eigenvalue weighted by Gasteiger charge is -2.29. The highest BCUT2D eigenvalue weighted by Gasteiger charge is 2.32. The van der Waals surface area contributed by atoms with Gasteiger partial charge in [-0.05, 0) is 25.7 Å². The average molecular weight is 405 g/mol. The van der Waals surface area contributed by atoms with Gasteiger partial charge in [-0.15, -0.1) is 0 Å². The summed E-state index contributed by atoms with van der Waals surface area (Å²) in [5.74, 6) is -4.62. The molecule has 164 valence electrons. The highest BCUT2D eigenvalue weighted by atomic mass is 16.9. The molecular weight excluding hydrogens is 368 g/mol. The predicted octanol–water partition coefficient (Wildman–Crippen LogP) is 3.68. The summed E-state index contributed by atoms with van der Waals surface area (Å²) in [7, 11) is 0. The number of hydrogen-bond donors (Lipinski definition) is 0. The minimum absolute atomic E-state index is 0.362. The van der Waals surface area contributed by atoms with Crippen molar-refractivity contribution in [1.82, 2.24) is 0 Å². The van der Waals surface area contributed by atoms with Crippen molar-refractivity contribution < 1.29 is 38.0 Å². The van der Waals surface area contributed by atoms with Gasteiger partial charge >= 0.3 is 23.9 Å². The van der Waals surface area contributed by atoms with Gasteiger partial charge in [0.2, 0.25) is 0 Å². The third kappa shape index (κ3) is 12.1. The molecule has 0 saturated heterocycles. The minimum Gasteiger partial charge on any atom is -0.405 e. The van der Waals surface area contributed by atoms with Crippen LogP contribution in [0.1, 0.15) is 67.2 Å². The van der Waals surface area contributed by atoms with Crippen LogP contribution in [0.3, 0.4) is 0 Å². The molecule has 8 nitrogen and oxygen atoms in total. The van der Waals surface area contributed by atoms with Crippen molar-refractivity contribution >= 4 is 11.9 Å². The summed E-state index contributed by atoms with van der Waals surface area (Å²) in [6.07, 6.45) is 4.84. The number of hydrogen-bond acceptors (Lipinski definition) is 8. The molecule has 0 amide bonds. The predicted molar refractivity (Wildman–Crippen MR) is 103 cm³/mol. The molecule has 0 saturated carbocycles. The van der Waals surface area contributed by atoms with Gasteiger partial charge in [0.05, 0.1) is 26.4 Å². The van der Waals surface area contributed by atoms with Gasteiger partial charge in [0.15, 0.2) is 0 Å². The molecule has 0 radical (unpaired) electrons. The summed E-state index contributed by atoms with van der Waals surface area (Å²) < 4.78 is 32.3. The molecule has 0 heterocycles. The van der Waals surface area contributed by atoms with Gasteiger partial charge in [-0.1, -0.05) is 27.7 Å². The monoisotopic (exact) mass is 404 g/mol. The number of carbonyl (C=O) groups excluding carboxylic acids is 2. The Morgan fingerprint density at radius 2 is 0.857 bits per heavy atom. The SMILES string of the molecule is CCCOC(C)(OCCC)OC(=O)/C=C\C(=O)OC(C)(OCCC)OCCC. The molecular formula is C20H36O8. The topological polar surface area (TPSA) is 89.5 Å². The summed E-state index contributed by atoms with van der Waals surface area (Å²) in [5, 5.41) is 0. The van der Waals surface area contributed by atoms with E-state index >= 15 is 0 Å². The zero-order valence-electron chi connectivity index (χ0n) is 18.1. The molecule has 28 heavy (non-hydrogen) atoms. The zero-order chi connectivity index (χ0) is 21.5. The molecule has 0 spiro atoms. The lowest BCUT2D eigenvalue weighted by molar-refractivity contribution is -0.352. The highest BCUT2D eigenvalue weighted by Crippen LogP contribution is 2.18. The van der Waals surface area contributed by atoms with E-state index in [0.29, 0.717) is 26.4 Å². The minimum atomic E-state index is -1.51. The van der Waals surface area contributed by atoms with Crippen molar-refractivity contribution in [3.8, 4) is 0 Å². The second kappa shape index (κ2) is 14.5. The zero-order valence-corrected chi connectivity index (χ0v) is 18.1. The number of ether oxygens (including phenoxy) is 6. The lowest BCUT2D eigenvalue weighted by atomic mass is 10.4. The van der Waals surface area contributed by atoms with E-state index in [1.54, 1.807) is 0 Å². The normalized spacial score (nSPS) is 12.4. The van der Waals surface area contributed by atoms with E-state index in [1.807, 2.05) is 27.7 Å². The summed E-state index contributed by atoms with van der Waals surface area (Å²) in [4.78, 5) is 24.1. The lowest BCUT2D eigenvalue weighted by Crippen LogP contribution is -2.39. The van der Waals surface area contributed by atoms with Crippen LogP contribution in [0.25, 0.3) is 0 Å². The van der Waals surface area contributed by atoms with Gasteiger partial charge in [0, 0.05) is 26.0 Å². The Hall–Kier alpha value is -1.48. The Labute approximate surface area is 168 Å². The van der Waals surface area contributed by atoms with Gasteiger partial charge in [-0.3, -0.25) is 0 Å². The molecule has 0 rings (SSSR count). The van der Waals surface area contributed by atoms with Crippen LogP contribution in [0.2, 0.25) is 0 Å². The van der Waals surface area contributed by atoms with Crippen molar-refractivity contribution in [2.75, 3.05) is 26.4 Å². The molecule has 0 aliphatic heterocycles. The number of esters is 2. The maximum absolute atomic E-state index is 12.1. The Bertz CT molecular complexity index is 417. The molecule has 0 aliphatic rings. The van der Waals surface area contributed by atoms with Crippen molar-refractivity contribution in [2.24, 2.45) is 0 Å². The van der Waals surface area contributed by atoms with Crippen LogP contribution >= 0.6 is 0 Å². The van der Waals surface area contributed by atoms with Crippen LogP contribution < -0.4 is 0 Å². The molecule has 0 aromatic heterocycles. The van der Waals surface area contributed by atoms with Gasteiger partial charge in [-0.2, -0.15) is 0 Å². The quantitative estimate of drug-likeness (QED) is 0.219. The van der Waals surface area contributed by atoms with Crippen LogP contribution in [-0.4, -0.2) is 50.3 Å². The van der Waals surface area contributed by atoms with Gasteiger partial charge in [0.1, 0.15) is 0 Å². The van der Waals surface area contributed by atoms with Crippen molar-refractivity contribution in [3.63, 3.8) is 0 Å². The van der Waals surface area contributed by atoms with Crippen molar-refractivity contribution in [3.05, 3.63) is 12.2 Å². The number of carbonyl (C=O) groups is 2. The maximum atomic E-state index is 12.1. The fourth-order valence-electron chi connectivity index (χ4n) is 1.92. The molecule has 0 aliphatic carbocycles. The third-order valence-corrected chi connectivity index (χ3v) is 3.20. The van der Waals surface area contributed by atoms with E-state index in [-0.39, 0.29) is 0 Å². The van der Waals surface area contributed by atoms with Crippen LogP contribution in [0, 0.1) is 0 Å². The van der Waals surface area contributed by atoms with Gasteiger partial charge in [-0.25, -0.2) is 9.59 Å². The van der Waals surface area contributed by atoms with E-state index in [2.05, 4.69) is 0 Å². The van der Waals surface area contributed by atoms with Gasteiger partial charge < -0.3 is 28.4 Å².